The highest BCUT2D eigenvalue weighted by molar-refractivity contribution is 6.15. The Kier molecular flexibility index (Phi) is 2.56. The molecule has 5 heteroatoms. The first-order chi connectivity index (χ1) is 8.04. The van der Waals surface area contributed by atoms with Crippen molar-refractivity contribution < 1.29 is 9.59 Å². The van der Waals surface area contributed by atoms with Crippen molar-refractivity contribution in [3.63, 3.8) is 0 Å². The average Bonchev–Trinajstić information content (AvgIpc) is 2.42. The summed E-state index contributed by atoms with van der Waals surface area (Å²) in [6.45, 7) is 0. The first-order valence-electron chi connectivity index (χ1n) is 5.12. The summed E-state index contributed by atoms with van der Waals surface area (Å²) in [5.74, 6) is -0.513. The highest BCUT2D eigenvalue weighted by Gasteiger charge is 2.27. The van der Waals surface area contributed by atoms with Crippen molar-refractivity contribution in [1.29, 1.82) is 5.26 Å². The summed E-state index contributed by atoms with van der Waals surface area (Å²) in [5, 5.41) is 8.85. The zero-order chi connectivity index (χ0) is 12.6. The molecule has 2 rings (SSSR count). The molecule has 0 saturated carbocycles. The van der Waals surface area contributed by atoms with Crippen LogP contribution < -0.4 is 9.80 Å². The van der Waals surface area contributed by atoms with E-state index in [1.54, 1.807) is 32.3 Å². The van der Waals surface area contributed by atoms with Gasteiger partial charge in [0.1, 0.15) is 6.42 Å². The topological polar surface area (TPSA) is 64.4 Å². The average molecular weight is 229 g/mol. The van der Waals surface area contributed by atoms with Gasteiger partial charge >= 0.3 is 0 Å². The predicted octanol–water partition coefficient (Wildman–Crippen LogP) is 0.888. The fourth-order valence-electron chi connectivity index (χ4n) is 1.78. The molecule has 1 aromatic carbocycles. The Morgan fingerprint density at radius 3 is 2.29 bits per heavy atom. The number of nitriles is 1. The quantitative estimate of drug-likeness (QED) is 0.620. The summed E-state index contributed by atoms with van der Waals surface area (Å²) < 4.78 is 0. The van der Waals surface area contributed by atoms with E-state index in [0.29, 0.717) is 16.9 Å². The van der Waals surface area contributed by atoms with E-state index in [-0.39, 0.29) is 18.2 Å². The van der Waals surface area contributed by atoms with Crippen LogP contribution in [-0.2, 0) is 9.59 Å². The minimum absolute atomic E-state index is 0.149. The maximum Gasteiger partial charge on any atom is 0.236 e. The van der Waals surface area contributed by atoms with Crippen LogP contribution in [0.25, 0.3) is 0 Å². The second kappa shape index (κ2) is 3.91. The SMILES string of the molecule is CN1C(=O)CC(=O)N(C)c2cc(C#N)ccc21. The Morgan fingerprint density at radius 1 is 1.12 bits per heavy atom. The minimum Gasteiger partial charge on any atom is -0.313 e. The Labute approximate surface area is 98.9 Å². The van der Waals surface area contributed by atoms with E-state index in [1.807, 2.05) is 6.07 Å². The first kappa shape index (κ1) is 11.1. The summed E-state index contributed by atoms with van der Waals surface area (Å²) in [6, 6.07) is 6.94. The van der Waals surface area contributed by atoms with E-state index in [4.69, 9.17) is 5.26 Å². The Hall–Kier alpha value is -2.35. The lowest BCUT2D eigenvalue weighted by Gasteiger charge is -2.20. The molecule has 0 fully saturated rings. The molecule has 0 aromatic heterocycles. The van der Waals surface area contributed by atoms with Gasteiger partial charge in [-0.25, -0.2) is 0 Å². The lowest BCUT2D eigenvalue weighted by molar-refractivity contribution is -0.125. The molecule has 0 bridgehead atoms. The number of carbonyl (C=O) groups is 2. The molecule has 0 aliphatic carbocycles. The Morgan fingerprint density at radius 2 is 1.71 bits per heavy atom. The fraction of sp³-hybridized carbons (Fsp3) is 0.250. The van der Waals surface area contributed by atoms with Gasteiger partial charge < -0.3 is 9.80 Å². The van der Waals surface area contributed by atoms with E-state index in [1.165, 1.54) is 9.80 Å². The number of nitrogens with zero attached hydrogens (tertiary/aromatic N) is 3. The third kappa shape index (κ3) is 1.74. The van der Waals surface area contributed by atoms with Gasteiger partial charge in [-0.2, -0.15) is 5.26 Å². The lowest BCUT2D eigenvalue weighted by Crippen LogP contribution is -2.28. The lowest BCUT2D eigenvalue weighted by atomic mass is 10.1. The van der Waals surface area contributed by atoms with Crippen molar-refractivity contribution in [1.82, 2.24) is 0 Å². The van der Waals surface area contributed by atoms with Crippen molar-refractivity contribution >= 4 is 23.2 Å². The van der Waals surface area contributed by atoms with Gasteiger partial charge in [0, 0.05) is 14.1 Å². The second-order valence-corrected chi connectivity index (χ2v) is 3.90. The summed E-state index contributed by atoms with van der Waals surface area (Å²) in [7, 11) is 3.23. The number of hydrogen-bond donors (Lipinski definition) is 0. The maximum atomic E-state index is 11.7. The fourth-order valence-corrected chi connectivity index (χ4v) is 1.78. The molecule has 0 atom stereocenters. The highest BCUT2D eigenvalue weighted by Crippen LogP contribution is 2.32. The van der Waals surface area contributed by atoms with Crippen LogP contribution in [0.5, 0.6) is 0 Å². The smallest absolute Gasteiger partial charge is 0.236 e. The van der Waals surface area contributed by atoms with Crippen molar-refractivity contribution in [2.45, 2.75) is 6.42 Å². The van der Waals surface area contributed by atoms with Crippen molar-refractivity contribution in [3.05, 3.63) is 23.8 Å². The number of carbonyl (C=O) groups excluding carboxylic acids is 2. The monoisotopic (exact) mass is 229 g/mol. The van der Waals surface area contributed by atoms with E-state index in [2.05, 4.69) is 0 Å². The third-order valence-electron chi connectivity index (χ3n) is 2.88. The molecule has 0 radical (unpaired) electrons. The van der Waals surface area contributed by atoms with Crippen LogP contribution in [-0.4, -0.2) is 25.9 Å². The van der Waals surface area contributed by atoms with Crippen LogP contribution in [0.15, 0.2) is 18.2 Å². The molecule has 0 unspecified atom stereocenters. The van der Waals surface area contributed by atoms with E-state index in [9.17, 15) is 9.59 Å². The number of fused-ring (bicyclic) bond motifs is 1. The zero-order valence-corrected chi connectivity index (χ0v) is 9.60. The normalized spacial score (nSPS) is 15.4. The van der Waals surface area contributed by atoms with E-state index >= 15 is 0 Å². The zero-order valence-electron chi connectivity index (χ0n) is 9.60. The van der Waals surface area contributed by atoms with Crippen LogP contribution in [0.2, 0.25) is 0 Å². The van der Waals surface area contributed by atoms with Gasteiger partial charge in [-0.05, 0) is 18.2 Å². The van der Waals surface area contributed by atoms with Gasteiger partial charge in [-0.3, -0.25) is 9.59 Å². The molecule has 1 aliphatic rings. The maximum absolute atomic E-state index is 11.7. The number of hydrogen-bond acceptors (Lipinski definition) is 3. The van der Waals surface area contributed by atoms with Gasteiger partial charge in [-0.1, -0.05) is 0 Å². The van der Waals surface area contributed by atoms with E-state index in [0.717, 1.165) is 0 Å². The molecule has 1 aliphatic heterocycles. The summed E-state index contributed by atoms with van der Waals surface area (Å²) in [5.41, 5.74) is 1.69. The molecule has 1 aromatic rings. The molecule has 2 amide bonds. The number of rotatable bonds is 0. The van der Waals surface area contributed by atoms with Crippen LogP contribution in [0.4, 0.5) is 11.4 Å². The van der Waals surface area contributed by atoms with Gasteiger partial charge in [0.15, 0.2) is 0 Å². The van der Waals surface area contributed by atoms with Crippen molar-refractivity contribution in [2.24, 2.45) is 0 Å². The molecule has 0 N–H and O–H groups in total. The molecule has 0 saturated heterocycles. The van der Waals surface area contributed by atoms with E-state index < -0.39 is 0 Å². The van der Waals surface area contributed by atoms with Gasteiger partial charge in [-0.15, -0.1) is 0 Å². The molecule has 17 heavy (non-hydrogen) atoms. The van der Waals surface area contributed by atoms with Crippen LogP contribution >= 0.6 is 0 Å². The Bertz CT molecular complexity index is 545. The number of amides is 2. The summed E-state index contributed by atoms with van der Waals surface area (Å²) >= 11 is 0. The molecule has 86 valence electrons. The molecule has 1 heterocycles. The van der Waals surface area contributed by atoms with Crippen LogP contribution in [0.1, 0.15) is 12.0 Å². The second-order valence-electron chi connectivity index (χ2n) is 3.90. The number of benzene rings is 1. The largest absolute Gasteiger partial charge is 0.313 e. The molecular weight excluding hydrogens is 218 g/mol. The van der Waals surface area contributed by atoms with Crippen molar-refractivity contribution in [3.8, 4) is 6.07 Å². The van der Waals surface area contributed by atoms with Crippen LogP contribution in [0, 0.1) is 11.3 Å². The molecule has 5 nitrogen and oxygen atoms in total. The van der Waals surface area contributed by atoms with Gasteiger partial charge in [0.2, 0.25) is 11.8 Å². The molecular formula is C12H11N3O2. The van der Waals surface area contributed by atoms with Gasteiger partial charge in [0.05, 0.1) is 23.0 Å². The summed E-state index contributed by atoms with van der Waals surface area (Å²) in [6.07, 6.45) is -0.149. The first-order valence-corrected chi connectivity index (χ1v) is 5.12. The third-order valence-corrected chi connectivity index (χ3v) is 2.88. The van der Waals surface area contributed by atoms with Gasteiger partial charge in [0.25, 0.3) is 0 Å². The minimum atomic E-state index is -0.268. The number of anilines is 2. The predicted molar refractivity (Wildman–Crippen MR) is 62.6 cm³/mol. The molecule has 0 spiro atoms. The Balaban J connectivity index is 2.64. The standard InChI is InChI=1S/C12H11N3O2/c1-14-9-4-3-8(7-13)5-10(9)15(2)12(17)6-11(14)16/h3-5H,6H2,1-2H3. The van der Waals surface area contributed by atoms with Crippen molar-refractivity contribution in [2.75, 3.05) is 23.9 Å². The van der Waals surface area contributed by atoms with Crippen LogP contribution in [0.3, 0.4) is 0 Å². The highest BCUT2D eigenvalue weighted by atomic mass is 16.2. The summed E-state index contributed by atoms with van der Waals surface area (Å²) in [4.78, 5) is 26.3.